The quantitative estimate of drug-likeness (QED) is 0.630. The van der Waals surface area contributed by atoms with Crippen LogP contribution in [0.25, 0.3) is 0 Å². The summed E-state index contributed by atoms with van der Waals surface area (Å²) in [5, 5.41) is 9.80. The van der Waals surface area contributed by atoms with Crippen molar-refractivity contribution >= 4 is 18.0 Å². The zero-order valence-corrected chi connectivity index (χ0v) is 12.8. The summed E-state index contributed by atoms with van der Waals surface area (Å²) in [7, 11) is 1.20. The van der Waals surface area contributed by atoms with Gasteiger partial charge in [-0.15, -0.1) is 5.06 Å². The van der Waals surface area contributed by atoms with Gasteiger partial charge in [-0.05, 0) is 33.6 Å². The largest absolute Gasteiger partial charge is 0.480 e. The normalized spacial score (nSPS) is 11.7. The van der Waals surface area contributed by atoms with Gasteiger partial charge in [0.05, 0.1) is 7.05 Å². The number of aliphatic carboxylic acids is 1. The van der Waals surface area contributed by atoms with Crippen LogP contribution in [0.15, 0.2) is 0 Å². The van der Waals surface area contributed by atoms with Crippen molar-refractivity contribution in [1.82, 2.24) is 5.06 Å². The highest BCUT2D eigenvalue weighted by molar-refractivity contribution is 5.99. The smallest absolute Gasteiger partial charge is 0.443 e. The molecular formula is C13H23NO6. The van der Waals surface area contributed by atoms with E-state index in [9.17, 15) is 19.5 Å². The van der Waals surface area contributed by atoms with Crippen molar-refractivity contribution in [2.45, 2.75) is 53.1 Å². The SMILES string of the molecule is CCC(CC)(C(=O)O)C(=O)ON(C)C(=O)OC(C)(C)C. The van der Waals surface area contributed by atoms with Crippen molar-refractivity contribution in [3.05, 3.63) is 0 Å². The average Bonchev–Trinajstić information content (AvgIpc) is 2.28. The maximum Gasteiger partial charge on any atom is 0.443 e. The summed E-state index contributed by atoms with van der Waals surface area (Å²) in [5.41, 5.74) is -2.40. The number of amides is 1. The predicted molar refractivity (Wildman–Crippen MR) is 70.7 cm³/mol. The molecule has 0 aliphatic rings. The topological polar surface area (TPSA) is 93.1 Å². The van der Waals surface area contributed by atoms with Crippen molar-refractivity contribution in [3.8, 4) is 0 Å². The molecule has 0 unspecified atom stereocenters. The Bertz CT molecular complexity index is 381. The van der Waals surface area contributed by atoms with Crippen LogP contribution >= 0.6 is 0 Å². The molecule has 20 heavy (non-hydrogen) atoms. The number of hydroxylamine groups is 2. The first kappa shape index (κ1) is 18.2. The van der Waals surface area contributed by atoms with Crippen molar-refractivity contribution in [3.63, 3.8) is 0 Å². The van der Waals surface area contributed by atoms with E-state index in [1.807, 2.05) is 0 Å². The number of carboxylic acids is 1. The number of carbonyl (C=O) groups is 3. The van der Waals surface area contributed by atoms with Crippen molar-refractivity contribution in [2.75, 3.05) is 7.05 Å². The van der Waals surface area contributed by atoms with Gasteiger partial charge in [0.1, 0.15) is 5.60 Å². The van der Waals surface area contributed by atoms with Gasteiger partial charge < -0.3 is 14.7 Å². The lowest BCUT2D eigenvalue weighted by atomic mass is 9.83. The number of rotatable bonds is 4. The first-order valence-corrected chi connectivity index (χ1v) is 6.42. The number of nitrogens with zero attached hydrogens (tertiary/aromatic N) is 1. The molecule has 0 radical (unpaired) electrons. The summed E-state index contributed by atoms with van der Waals surface area (Å²) in [6.45, 7) is 8.15. The zero-order valence-electron chi connectivity index (χ0n) is 12.8. The Morgan fingerprint density at radius 2 is 1.55 bits per heavy atom. The summed E-state index contributed by atoms with van der Waals surface area (Å²) < 4.78 is 5.00. The molecule has 7 heteroatoms. The van der Waals surface area contributed by atoms with Gasteiger partial charge >= 0.3 is 18.0 Å². The maximum atomic E-state index is 12.0. The van der Waals surface area contributed by atoms with Gasteiger partial charge in [-0.25, -0.2) is 9.59 Å². The number of hydrogen-bond donors (Lipinski definition) is 1. The van der Waals surface area contributed by atoms with E-state index in [1.54, 1.807) is 34.6 Å². The number of carbonyl (C=O) groups excluding carboxylic acids is 2. The molecule has 0 saturated carbocycles. The average molecular weight is 289 g/mol. The van der Waals surface area contributed by atoms with Gasteiger partial charge in [-0.2, -0.15) is 0 Å². The number of ether oxygens (including phenoxy) is 1. The predicted octanol–water partition coefficient (Wildman–Crippen LogP) is 2.20. The summed E-state index contributed by atoms with van der Waals surface area (Å²) >= 11 is 0. The van der Waals surface area contributed by atoms with Gasteiger partial charge in [-0.1, -0.05) is 13.8 Å². The second-order valence-corrected chi connectivity index (χ2v) is 5.45. The number of hydrogen-bond acceptors (Lipinski definition) is 5. The molecule has 116 valence electrons. The summed E-state index contributed by atoms with van der Waals surface area (Å²) in [4.78, 5) is 39.7. The lowest BCUT2D eigenvalue weighted by Crippen LogP contribution is -2.44. The first-order valence-electron chi connectivity index (χ1n) is 6.42. The van der Waals surface area contributed by atoms with Crippen molar-refractivity contribution in [2.24, 2.45) is 5.41 Å². The fourth-order valence-electron chi connectivity index (χ4n) is 1.50. The van der Waals surface area contributed by atoms with Crippen LogP contribution < -0.4 is 0 Å². The standard InChI is InChI=1S/C13H23NO6/c1-7-13(8-2,9(15)16)10(17)20-14(6)11(18)19-12(3,4)5/h7-8H2,1-6H3,(H,15,16). The molecule has 0 aliphatic carbocycles. The van der Waals surface area contributed by atoms with Gasteiger partial charge in [0, 0.05) is 0 Å². The van der Waals surface area contributed by atoms with Gasteiger partial charge in [0.2, 0.25) is 0 Å². The van der Waals surface area contributed by atoms with Crippen LogP contribution in [0.3, 0.4) is 0 Å². The molecule has 0 aromatic carbocycles. The molecule has 0 bridgehead atoms. The lowest BCUT2D eigenvalue weighted by molar-refractivity contribution is -0.196. The Kier molecular flexibility index (Phi) is 5.99. The number of carboxylic acid groups (broad SMARTS) is 1. The van der Waals surface area contributed by atoms with E-state index in [0.717, 1.165) is 0 Å². The van der Waals surface area contributed by atoms with E-state index in [2.05, 4.69) is 0 Å². The monoisotopic (exact) mass is 289 g/mol. The Balaban J connectivity index is 4.90. The maximum absolute atomic E-state index is 12.0. The van der Waals surface area contributed by atoms with E-state index in [4.69, 9.17) is 9.57 Å². The third kappa shape index (κ3) is 4.40. The fourth-order valence-corrected chi connectivity index (χ4v) is 1.50. The van der Waals surface area contributed by atoms with E-state index in [1.165, 1.54) is 7.05 Å². The Hall–Kier alpha value is -1.79. The van der Waals surface area contributed by atoms with E-state index < -0.39 is 29.0 Å². The fraction of sp³-hybridized carbons (Fsp3) is 0.769. The van der Waals surface area contributed by atoms with Crippen LogP contribution in [0.4, 0.5) is 4.79 Å². The third-order valence-electron chi connectivity index (χ3n) is 2.88. The first-order chi connectivity index (χ1) is 9.00. The summed E-state index contributed by atoms with van der Waals surface area (Å²) in [6, 6.07) is 0. The van der Waals surface area contributed by atoms with Crippen molar-refractivity contribution < 1.29 is 29.1 Å². The zero-order chi connectivity index (χ0) is 16.1. The van der Waals surface area contributed by atoms with E-state index in [-0.39, 0.29) is 12.8 Å². The lowest BCUT2D eigenvalue weighted by Gasteiger charge is -2.28. The van der Waals surface area contributed by atoms with Gasteiger partial charge in [0.25, 0.3) is 0 Å². The van der Waals surface area contributed by atoms with Crippen LogP contribution in [0, 0.1) is 5.41 Å². The third-order valence-corrected chi connectivity index (χ3v) is 2.88. The molecule has 0 rings (SSSR count). The minimum atomic E-state index is -1.66. The minimum absolute atomic E-state index is 0.0693. The molecule has 1 N–H and O–H groups in total. The van der Waals surface area contributed by atoms with Gasteiger partial charge in [-0.3, -0.25) is 4.79 Å². The Labute approximate surface area is 118 Å². The van der Waals surface area contributed by atoms with E-state index >= 15 is 0 Å². The molecule has 1 amide bonds. The summed E-state index contributed by atoms with van der Waals surface area (Å²) in [5.74, 6) is -2.26. The Morgan fingerprint density at radius 3 is 1.85 bits per heavy atom. The van der Waals surface area contributed by atoms with Gasteiger partial charge in [0.15, 0.2) is 5.41 Å². The molecule has 0 aliphatic heterocycles. The second kappa shape index (κ2) is 6.58. The van der Waals surface area contributed by atoms with E-state index in [0.29, 0.717) is 5.06 Å². The molecule has 0 atom stereocenters. The summed E-state index contributed by atoms with van der Waals surface area (Å²) in [6.07, 6.45) is -0.725. The molecular weight excluding hydrogens is 266 g/mol. The van der Waals surface area contributed by atoms with Crippen LogP contribution in [0.2, 0.25) is 0 Å². The minimum Gasteiger partial charge on any atom is -0.480 e. The molecule has 0 heterocycles. The molecule has 0 aromatic heterocycles. The highest BCUT2D eigenvalue weighted by Crippen LogP contribution is 2.29. The molecule has 0 aromatic rings. The molecule has 0 fully saturated rings. The van der Waals surface area contributed by atoms with Crippen LogP contribution in [-0.2, 0) is 19.2 Å². The molecule has 0 saturated heterocycles. The molecule has 7 nitrogen and oxygen atoms in total. The van der Waals surface area contributed by atoms with Crippen LogP contribution in [0.5, 0.6) is 0 Å². The Morgan fingerprint density at radius 1 is 1.10 bits per heavy atom. The second-order valence-electron chi connectivity index (χ2n) is 5.45. The highest BCUT2D eigenvalue weighted by atomic mass is 16.8. The molecule has 0 spiro atoms. The highest BCUT2D eigenvalue weighted by Gasteiger charge is 2.46. The van der Waals surface area contributed by atoms with Crippen LogP contribution in [0.1, 0.15) is 47.5 Å². The van der Waals surface area contributed by atoms with Crippen molar-refractivity contribution in [1.29, 1.82) is 0 Å². The van der Waals surface area contributed by atoms with Crippen LogP contribution in [-0.4, -0.2) is 40.9 Å².